The van der Waals surface area contributed by atoms with Gasteiger partial charge in [0.05, 0.1) is 5.02 Å². The third kappa shape index (κ3) is 4.16. The van der Waals surface area contributed by atoms with Gasteiger partial charge in [0.25, 0.3) is 0 Å². The average Bonchev–Trinajstić information content (AvgIpc) is 3.28. The fourth-order valence-electron chi connectivity index (χ4n) is 2.04. The molecule has 5 heteroatoms. The van der Waals surface area contributed by atoms with Gasteiger partial charge in [-0.1, -0.05) is 11.6 Å². The zero-order valence-electron chi connectivity index (χ0n) is 11.5. The first kappa shape index (κ1) is 14.3. The fourth-order valence-corrected chi connectivity index (χ4v) is 2.21. The number of hydrogen-bond acceptors (Lipinski definition) is 3. The molecule has 0 bridgehead atoms. The first-order valence-electron chi connectivity index (χ1n) is 6.95. The van der Waals surface area contributed by atoms with Crippen molar-refractivity contribution in [1.82, 2.24) is 10.3 Å². The van der Waals surface area contributed by atoms with Crippen LogP contribution in [0.2, 0.25) is 5.02 Å². The highest BCUT2D eigenvalue weighted by Gasteiger charge is 2.20. The van der Waals surface area contributed by atoms with Crippen molar-refractivity contribution in [2.45, 2.75) is 32.0 Å². The van der Waals surface area contributed by atoms with Gasteiger partial charge in [0, 0.05) is 36.6 Å². The second-order valence-electron chi connectivity index (χ2n) is 5.21. The number of hydrogen-bond donors (Lipinski definition) is 1. The molecule has 1 aromatic carbocycles. The van der Waals surface area contributed by atoms with Gasteiger partial charge in [0.15, 0.2) is 0 Å². The highest BCUT2D eigenvalue weighted by Crippen LogP contribution is 2.22. The predicted octanol–water partition coefficient (Wildman–Crippen LogP) is 3.71. The Morgan fingerprint density at radius 2 is 2.19 bits per heavy atom. The van der Waals surface area contributed by atoms with Crippen LogP contribution in [0.25, 0.3) is 0 Å². The van der Waals surface area contributed by atoms with Crippen LogP contribution in [0.5, 0.6) is 5.75 Å². The highest BCUT2D eigenvalue weighted by molar-refractivity contribution is 6.31. The maximum Gasteiger partial charge on any atom is 0.127 e. The second-order valence-corrected chi connectivity index (χ2v) is 5.61. The summed E-state index contributed by atoms with van der Waals surface area (Å²) in [6.45, 7) is 0.953. The van der Waals surface area contributed by atoms with Crippen LogP contribution >= 0.6 is 11.6 Å². The SMILES string of the molecule is Fc1cc(CNC2CC2)cc(OCc2ccncc2Cl)c1. The van der Waals surface area contributed by atoms with E-state index in [2.05, 4.69) is 10.3 Å². The molecule has 1 aliphatic carbocycles. The summed E-state index contributed by atoms with van der Waals surface area (Å²) in [7, 11) is 0. The monoisotopic (exact) mass is 306 g/mol. The average molecular weight is 307 g/mol. The number of rotatable bonds is 6. The van der Waals surface area contributed by atoms with Gasteiger partial charge < -0.3 is 10.1 Å². The van der Waals surface area contributed by atoms with Crippen molar-refractivity contribution in [3.8, 4) is 5.75 Å². The van der Waals surface area contributed by atoms with Crippen LogP contribution in [0.15, 0.2) is 36.7 Å². The number of aromatic nitrogens is 1. The standard InChI is InChI=1S/C16H16ClFN2O/c17-16-9-19-4-3-12(16)10-21-15-6-11(5-13(18)7-15)8-20-14-1-2-14/h3-7,9,14,20H,1-2,8,10H2. The van der Waals surface area contributed by atoms with Gasteiger partial charge in [0.2, 0.25) is 0 Å². The van der Waals surface area contributed by atoms with Crippen molar-refractivity contribution in [1.29, 1.82) is 0 Å². The number of nitrogens with zero attached hydrogens (tertiary/aromatic N) is 1. The Morgan fingerprint density at radius 1 is 1.33 bits per heavy atom. The molecule has 1 heterocycles. The summed E-state index contributed by atoms with van der Waals surface area (Å²) < 4.78 is 19.3. The predicted molar refractivity (Wildman–Crippen MR) is 79.8 cm³/mol. The number of halogens is 2. The molecule has 0 spiro atoms. The van der Waals surface area contributed by atoms with Crippen molar-refractivity contribution >= 4 is 11.6 Å². The minimum atomic E-state index is -0.291. The topological polar surface area (TPSA) is 34.1 Å². The summed E-state index contributed by atoms with van der Waals surface area (Å²) in [4.78, 5) is 3.92. The summed E-state index contributed by atoms with van der Waals surface area (Å²) in [6.07, 6.45) is 5.64. The Labute approximate surface area is 128 Å². The molecule has 1 saturated carbocycles. The van der Waals surface area contributed by atoms with Gasteiger partial charge in [-0.3, -0.25) is 4.98 Å². The van der Waals surface area contributed by atoms with Crippen molar-refractivity contribution < 1.29 is 9.13 Å². The molecule has 1 N–H and O–H groups in total. The van der Waals surface area contributed by atoms with Crippen LogP contribution in [-0.4, -0.2) is 11.0 Å². The maximum absolute atomic E-state index is 13.6. The molecule has 3 nitrogen and oxygen atoms in total. The fraction of sp³-hybridized carbons (Fsp3) is 0.312. The zero-order valence-corrected chi connectivity index (χ0v) is 12.2. The zero-order chi connectivity index (χ0) is 14.7. The van der Waals surface area contributed by atoms with E-state index in [1.165, 1.54) is 25.0 Å². The molecule has 1 fully saturated rings. The largest absolute Gasteiger partial charge is 0.489 e. The molecule has 110 valence electrons. The Bertz CT molecular complexity index is 631. The van der Waals surface area contributed by atoms with Crippen molar-refractivity contribution in [3.63, 3.8) is 0 Å². The van der Waals surface area contributed by atoms with Crippen LogP contribution in [0.1, 0.15) is 24.0 Å². The minimum Gasteiger partial charge on any atom is -0.489 e. The van der Waals surface area contributed by atoms with Crippen molar-refractivity contribution in [2.75, 3.05) is 0 Å². The Kier molecular flexibility index (Phi) is 4.36. The number of benzene rings is 1. The number of pyridine rings is 1. The van der Waals surface area contributed by atoms with Gasteiger partial charge in [-0.05, 0) is 36.6 Å². The molecular formula is C16H16ClFN2O. The normalized spacial score (nSPS) is 14.2. The first-order chi connectivity index (χ1) is 10.2. The van der Waals surface area contributed by atoms with Crippen LogP contribution in [0.3, 0.4) is 0 Å². The van der Waals surface area contributed by atoms with Crippen molar-refractivity contribution in [2.24, 2.45) is 0 Å². The molecular weight excluding hydrogens is 291 g/mol. The summed E-state index contributed by atoms with van der Waals surface area (Å²) in [5.41, 5.74) is 1.71. The molecule has 1 aliphatic rings. The van der Waals surface area contributed by atoms with Crippen LogP contribution in [0.4, 0.5) is 4.39 Å². The number of nitrogens with one attached hydrogen (secondary N) is 1. The summed E-state index contributed by atoms with van der Waals surface area (Å²) in [5.74, 6) is 0.219. The Morgan fingerprint density at radius 3 is 2.95 bits per heavy atom. The molecule has 0 atom stereocenters. The van der Waals surface area contributed by atoms with E-state index in [1.54, 1.807) is 18.5 Å². The van der Waals surface area contributed by atoms with Gasteiger partial charge in [-0.15, -0.1) is 0 Å². The molecule has 3 rings (SSSR count). The van der Waals surface area contributed by atoms with E-state index in [9.17, 15) is 4.39 Å². The molecule has 0 radical (unpaired) electrons. The lowest BCUT2D eigenvalue weighted by Crippen LogP contribution is -2.15. The first-order valence-corrected chi connectivity index (χ1v) is 7.32. The summed E-state index contributed by atoms with van der Waals surface area (Å²) >= 11 is 6.02. The van der Waals surface area contributed by atoms with Gasteiger partial charge in [-0.25, -0.2) is 4.39 Å². The van der Waals surface area contributed by atoms with E-state index in [-0.39, 0.29) is 5.82 Å². The molecule has 2 aromatic rings. The lowest BCUT2D eigenvalue weighted by atomic mass is 10.2. The quantitative estimate of drug-likeness (QED) is 0.883. The van der Waals surface area contributed by atoms with Crippen molar-refractivity contribution in [3.05, 3.63) is 58.6 Å². The van der Waals surface area contributed by atoms with Crippen LogP contribution in [-0.2, 0) is 13.2 Å². The molecule has 21 heavy (non-hydrogen) atoms. The van der Waals surface area contributed by atoms with E-state index >= 15 is 0 Å². The van der Waals surface area contributed by atoms with E-state index in [4.69, 9.17) is 16.3 Å². The van der Waals surface area contributed by atoms with E-state index in [0.29, 0.717) is 30.0 Å². The molecule has 1 aromatic heterocycles. The highest BCUT2D eigenvalue weighted by atomic mass is 35.5. The Balaban J connectivity index is 1.65. The molecule has 0 unspecified atom stereocenters. The van der Waals surface area contributed by atoms with Crippen LogP contribution in [0, 0.1) is 5.82 Å². The van der Waals surface area contributed by atoms with E-state index in [0.717, 1.165) is 11.1 Å². The summed E-state index contributed by atoms with van der Waals surface area (Å²) in [6, 6.07) is 7.15. The van der Waals surface area contributed by atoms with E-state index < -0.39 is 0 Å². The Hall–Kier alpha value is -1.65. The smallest absolute Gasteiger partial charge is 0.127 e. The summed E-state index contributed by atoms with van der Waals surface area (Å²) in [5, 5.41) is 3.90. The minimum absolute atomic E-state index is 0.291. The van der Waals surface area contributed by atoms with Gasteiger partial charge in [-0.2, -0.15) is 0 Å². The molecule has 0 saturated heterocycles. The second kappa shape index (κ2) is 6.41. The number of ether oxygens (including phenoxy) is 1. The van der Waals surface area contributed by atoms with Gasteiger partial charge in [0.1, 0.15) is 18.2 Å². The van der Waals surface area contributed by atoms with Gasteiger partial charge >= 0.3 is 0 Å². The molecule has 0 aliphatic heterocycles. The maximum atomic E-state index is 13.6. The lowest BCUT2D eigenvalue weighted by Gasteiger charge is -2.10. The third-order valence-corrected chi connectivity index (χ3v) is 3.69. The van der Waals surface area contributed by atoms with Crippen LogP contribution < -0.4 is 10.1 Å². The lowest BCUT2D eigenvalue weighted by molar-refractivity contribution is 0.304. The van der Waals surface area contributed by atoms with E-state index in [1.807, 2.05) is 6.07 Å². The molecule has 0 amide bonds. The third-order valence-electron chi connectivity index (χ3n) is 3.35.